The third-order valence-corrected chi connectivity index (χ3v) is 7.18. The van der Waals surface area contributed by atoms with Crippen molar-refractivity contribution < 1.29 is 9.59 Å². The predicted octanol–water partition coefficient (Wildman–Crippen LogP) is 2.95. The molecule has 2 aromatic rings. The Hall–Kier alpha value is -1.87. The molecule has 0 unspecified atom stereocenters. The quantitative estimate of drug-likeness (QED) is 0.690. The highest BCUT2D eigenvalue weighted by Gasteiger charge is 2.30. The molecule has 144 valence electrons. The van der Waals surface area contributed by atoms with Crippen LogP contribution in [-0.4, -0.2) is 32.3 Å². The van der Waals surface area contributed by atoms with Gasteiger partial charge in [0.1, 0.15) is 10.8 Å². The molecule has 2 aliphatic rings. The first-order chi connectivity index (χ1) is 13.1. The number of hydrogen-bond acceptors (Lipinski definition) is 6. The van der Waals surface area contributed by atoms with E-state index >= 15 is 0 Å². The van der Waals surface area contributed by atoms with Gasteiger partial charge in [-0.05, 0) is 51.0 Å². The highest BCUT2D eigenvalue weighted by atomic mass is 32.2. The van der Waals surface area contributed by atoms with E-state index in [0.29, 0.717) is 16.5 Å². The van der Waals surface area contributed by atoms with E-state index in [2.05, 4.69) is 27.0 Å². The number of carbonyl (C=O) groups is 2. The number of hydrogen-bond donors (Lipinski definition) is 2. The van der Waals surface area contributed by atoms with Crippen molar-refractivity contribution in [1.29, 1.82) is 0 Å². The molecule has 0 aromatic carbocycles. The number of carbonyl (C=O) groups excluding carboxylic acids is 2. The summed E-state index contributed by atoms with van der Waals surface area (Å²) >= 11 is 2.87. The number of fused-ring (bicyclic) bond motifs is 1. The number of nitrogens with zero attached hydrogens (tertiary/aromatic N) is 3. The number of anilines is 1. The number of aryl methyl sites for hydroxylation is 1. The van der Waals surface area contributed by atoms with Crippen molar-refractivity contribution >= 4 is 39.9 Å². The fourth-order valence-electron chi connectivity index (χ4n) is 3.55. The highest BCUT2D eigenvalue weighted by molar-refractivity contribution is 7.99. The lowest BCUT2D eigenvalue weighted by Crippen LogP contribution is -2.19. The Kier molecular flexibility index (Phi) is 5.23. The maximum Gasteiger partial charge on any atom is 0.251 e. The lowest BCUT2D eigenvalue weighted by atomic mass is 9.95. The number of nitrogens with two attached hydrogens (primary N) is 1. The van der Waals surface area contributed by atoms with Crippen LogP contribution in [0.1, 0.15) is 65.1 Å². The molecule has 2 aliphatic carbocycles. The van der Waals surface area contributed by atoms with Crippen LogP contribution < -0.4 is 11.1 Å². The number of nitrogens with one attached hydrogen (secondary N) is 1. The molecular weight excluding hydrogens is 382 g/mol. The molecule has 0 aliphatic heterocycles. The molecule has 2 heterocycles. The van der Waals surface area contributed by atoms with Gasteiger partial charge in [-0.2, -0.15) is 0 Å². The van der Waals surface area contributed by atoms with Crippen molar-refractivity contribution in [1.82, 2.24) is 14.8 Å². The molecule has 0 bridgehead atoms. The van der Waals surface area contributed by atoms with E-state index in [9.17, 15) is 9.59 Å². The molecule has 1 fully saturated rings. The van der Waals surface area contributed by atoms with Crippen molar-refractivity contribution in [3.05, 3.63) is 21.8 Å². The average Bonchev–Trinajstić information content (AvgIpc) is 3.30. The molecule has 2 amide bonds. The second-order valence-electron chi connectivity index (χ2n) is 6.98. The van der Waals surface area contributed by atoms with Crippen LogP contribution in [0.2, 0.25) is 0 Å². The Morgan fingerprint density at radius 2 is 2.07 bits per heavy atom. The molecular formula is C18H23N5O2S2. The average molecular weight is 406 g/mol. The summed E-state index contributed by atoms with van der Waals surface area (Å²) in [6.07, 6.45) is 6.32. The monoisotopic (exact) mass is 405 g/mol. The van der Waals surface area contributed by atoms with Crippen LogP contribution in [0.4, 0.5) is 5.00 Å². The maximum atomic E-state index is 12.5. The minimum atomic E-state index is -0.461. The first-order valence-electron chi connectivity index (χ1n) is 9.38. The van der Waals surface area contributed by atoms with Gasteiger partial charge in [0.15, 0.2) is 5.16 Å². The van der Waals surface area contributed by atoms with Crippen LogP contribution in [0.5, 0.6) is 0 Å². The zero-order valence-electron chi connectivity index (χ0n) is 15.3. The van der Waals surface area contributed by atoms with Crippen molar-refractivity contribution in [2.45, 2.75) is 63.1 Å². The lowest BCUT2D eigenvalue weighted by Gasteiger charge is -2.11. The second kappa shape index (κ2) is 7.63. The summed E-state index contributed by atoms with van der Waals surface area (Å²) in [5.74, 6) is 1.17. The van der Waals surface area contributed by atoms with Crippen LogP contribution in [0.15, 0.2) is 5.16 Å². The van der Waals surface area contributed by atoms with Crippen molar-refractivity contribution in [3.63, 3.8) is 0 Å². The van der Waals surface area contributed by atoms with Crippen LogP contribution in [0, 0.1) is 0 Å². The van der Waals surface area contributed by atoms with Gasteiger partial charge in [-0.3, -0.25) is 9.59 Å². The summed E-state index contributed by atoms with van der Waals surface area (Å²) in [5, 5.41) is 12.8. The van der Waals surface area contributed by atoms with Gasteiger partial charge in [-0.1, -0.05) is 11.8 Å². The molecule has 0 radical (unpaired) electrons. The Bertz CT molecular complexity index is 885. The standard InChI is InChI=1S/C18H23N5O2S2/c1-2-23-16(10-7-8-10)21-22-18(23)26-9-13(24)20-17-14(15(19)25)11-5-3-4-6-12(11)27-17/h10H,2-9H2,1H3,(H2,19,25)(H,20,24). The molecule has 2 aromatic heterocycles. The molecule has 4 rings (SSSR count). The molecule has 27 heavy (non-hydrogen) atoms. The molecule has 0 saturated heterocycles. The Morgan fingerprint density at radius 1 is 1.30 bits per heavy atom. The van der Waals surface area contributed by atoms with Crippen LogP contribution >= 0.6 is 23.1 Å². The van der Waals surface area contributed by atoms with Gasteiger partial charge >= 0.3 is 0 Å². The number of thioether (sulfide) groups is 1. The molecule has 0 spiro atoms. The van der Waals surface area contributed by atoms with Crippen LogP contribution in [-0.2, 0) is 24.2 Å². The molecule has 3 N–H and O–H groups in total. The fraction of sp³-hybridized carbons (Fsp3) is 0.556. The van der Waals surface area contributed by atoms with E-state index in [1.807, 2.05) is 0 Å². The van der Waals surface area contributed by atoms with E-state index in [1.54, 1.807) is 0 Å². The van der Waals surface area contributed by atoms with Gasteiger partial charge in [-0.25, -0.2) is 0 Å². The maximum absolute atomic E-state index is 12.5. The van der Waals surface area contributed by atoms with E-state index in [4.69, 9.17) is 5.73 Å². The molecule has 0 atom stereocenters. The normalized spacial score (nSPS) is 16.2. The number of primary amides is 1. The van der Waals surface area contributed by atoms with Crippen molar-refractivity contribution in [2.24, 2.45) is 5.73 Å². The summed E-state index contributed by atoms with van der Waals surface area (Å²) in [5.41, 5.74) is 7.12. The molecule has 9 heteroatoms. The predicted molar refractivity (Wildman–Crippen MR) is 107 cm³/mol. The number of amides is 2. The van der Waals surface area contributed by atoms with Gasteiger partial charge < -0.3 is 15.6 Å². The number of aromatic nitrogens is 3. The van der Waals surface area contributed by atoms with Gasteiger partial charge in [0, 0.05) is 17.3 Å². The summed E-state index contributed by atoms with van der Waals surface area (Å²) < 4.78 is 2.09. The van der Waals surface area contributed by atoms with Gasteiger partial charge in [0.05, 0.1) is 11.3 Å². The topological polar surface area (TPSA) is 103 Å². The Morgan fingerprint density at radius 3 is 2.78 bits per heavy atom. The summed E-state index contributed by atoms with van der Waals surface area (Å²) in [4.78, 5) is 25.6. The van der Waals surface area contributed by atoms with E-state index in [-0.39, 0.29) is 11.7 Å². The first-order valence-corrected chi connectivity index (χ1v) is 11.2. The third-order valence-electron chi connectivity index (χ3n) is 5.01. The van der Waals surface area contributed by atoms with Gasteiger partial charge in [-0.15, -0.1) is 21.5 Å². The summed E-state index contributed by atoms with van der Waals surface area (Å²) in [7, 11) is 0. The molecule has 1 saturated carbocycles. The van der Waals surface area contributed by atoms with E-state index in [1.165, 1.54) is 40.8 Å². The largest absolute Gasteiger partial charge is 0.365 e. The summed E-state index contributed by atoms with van der Waals surface area (Å²) in [6.45, 7) is 2.86. The Labute approximate surface area is 166 Å². The zero-order chi connectivity index (χ0) is 19.0. The van der Waals surface area contributed by atoms with Gasteiger partial charge in [0.2, 0.25) is 5.91 Å². The zero-order valence-corrected chi connectivity index (χ0v) is 16.9. The SMILES string of the molecule is CCn1c(SCC(=O)Nc2sc3c(c2C(N)=O)CCCC3)nnc1C1CC1. The van der Waals surface area contributed by atoms with Crippen LogP contribution in [0.25, 0.3) is 0 Å². The molecule has 7 nitrogen and oxygen atoms in total. The van der Waals surface area contributed by atoms with Gasteiger partial charge in [0.25, 0.3) is 5.91 Å². The highest BCUT2D eigenvalue weighted by Crippen LogP contribution is 2.40. The first kappa shape index (κ1) is 18.5. The minimum absolute atomic E-state index is 0.153. The smallest absolute Gasteiger partial charge is 0.251 e. The van der Waals surface area contributed by atoms with Crippen molar-refractivity contribution in [3.8, 4) is 0 Å². The van der Waals surface area contributed by atoms with Crippen molar-refractivity contribution in [2.75, 3.05) is 11.1 Å². The van der Waals surface area contributed by atoms with E-state index < -0.39 is 5.91 Å². The lowest BCUT2D eigenvalue weighted by molar-refractivity contribution is -0.113. The summed E-state index contributed by atoms with van der Waals surface area (Å²) in [6, 6.07) is 0. The number of thiophene rings is 1. The Balaban J connectivity index is 1.44. The second-order valence-corrected chi connectivity index (χ2v) is 9.02. The fourth-order valence-corrected chi connectivity index (χ4v) is 5.68. The number of rotatable bonds is 7. The minimum Gasteiger partial charge on any atom is -0.365 e. The van der Waals surface area contributed by atoms with E-state index in [0.717, 1.165) is 48.8 Å². The third kappa shape index (κ3) is 3.75. The van der Waals surface area contributed by atoms with Crippen LogP contribution in [0.3, 0.4) is 0 Å².